The molecule has 0 bridgehead atoms. The molecule has 162 valence electrons. The number of ether oxygens (including phenoxy) is 2. The number of amides is 1. The summed E-state index contributed by atoms with van der Waals surface area (Å²) in [6, 6.07) is 21.3. The summed E-state index contributed by atoms with van der Waals surface area (Å²) in [5.41, 5.74) is 5.00. The van der Waals surface area contributed by atoms with Crippen LogP contribution in [0.2, 0.25) is 0 Å². The van der Waals surface area contributed by atoms with Crippen LogP contribution in [0.1, 0.15) is 23.6 Å². The number of methoxy groups -OCH3 is 1. The lowest BCUT2D eigenvalue weighted by Gasteiger charge is -2.14. The van der Waals surface area contributed by atoms with Gasteiger partial charge in [-0.25, -0.2) is 0 Å². The first-order valence-corrected chi connectivity index (χ1v) is 11.0. The molecule has 0 N–H and O–H groups in total. The van der Waals surface area contributed by atoms with Gasteiger partial charge in [0.2, 0.25) is 0 Å². The minimum atomic E-state index is -0.163. The Bertz CT molecular complexity index is 1220. The molecule has 0 unspecified atom stereocenters. The van der Waals surface area contributed by atoms with Crippen LogP contribution in [0.4, 0.5) is 5.69 Å². The van der Waals surface area contributed by atoms with Gasteiger partial charge in [-0.3, -0.25) is 4.79 Å². The van der Waals surface area contributed by atoms with Crippen LogP contribution in [0.5, 0.6) is 11.5 Å². The maximum Gasteiger partial charge on any atom is 0.280 e. The maximum absolute atomic E-state index is 13.0. The highest BCUT2D eigenvalue weighted by Gasteiger charge is 2.28. The van der Waals surface area contributed by atoms with Crippen LogP contribution >= 0.6 is 15.9 Å². The number of hydrazone groups is 1. The molecule has 0 aromatic heterocycles. The SMILES string of the molecule is COc1cc(/C=C2/C(=O)N(c3ccccc3)N=C2C)cc(Br)c1OCc1cccc(C)c1. The number of hydrogen-bond donors (Lipinski definition) is 0. The van der Waals surface area contributed by atoms with E-state index in [2.05, 4.69) is 40.1 Å². The third-order valence-corrected chi connectivity index (χ3v) is 5.68. The molecule has 0 saturated carbocycles. The summed E-state index contributed by atoms with van der Waals surface area (Å²) < 4.78 is 12.4. The molecule has 1 amide bonds. The average Bonchev–Trinajstić information content (AvgIpc) is 3.07. The van der Waals surface area contributed by atoms with Crippen LogP contribution in [0, 0.1) is 6.92 Å². The van der Waals surface area contributed by atoms with Crippen molar-refractivity contribution in [3.05, 3.63) is 93.5 Å². The summed E-state index contributed by atoms with van der Waals surface area (Å²) in [6.45, 7) is 4.31. The lowest BCUT2D eigenvalue weighted by atomic mass is 10.1. The van der Waals surface area contributed by atoms with E-state index in [-0.39, 0.29) is 5.91 Å². The minimum Gasteiger partial charge on any atom is -0.493 e. The average molecular weight is 491 g/mol. The molecule has 0 spiro atoms. The second kappa shape index (κ2) is 9.40. The van der Waals surface area contributed by atoms with Gasteiger partial charge in [0.05, 0.1) is 28.6 Å². The molecule has 3 aromatic rings. The Balaban J connectivity index is 1.59. The van der Waals surface area contributed by atoms with Crippen molar-refractivity contribution in [1.82, 2.24) is 0 Å². The van der Waals surface area contributed by atoms with Gasteiger partial charge in [-0.15, -0.1) is 0 Å². The number of benzene rings is 3. The van der Waals surface area contributed by atoms with Crippen molar-refractivity contribution in [3.63, 3.8) is 0 Å². The monoisotopic (exact) mass is 490 g/mol. The van der Waals surface area contributed by atoms with Crippen LogP contribution in [0.3, 0.4) is 0 Å². The molecule has 0 saturated heterocycles. The van der Waals surface area contributed by atoms with Crippen molar-refractivity contribution in [2.24, 2.45) is 5.10 Å². The van der Waals surface area contributed by atoms with Gasteiger partial charge in [0.15, 0.2) is 11.5 Å². The van der Waals surface area contributed by atoms with Crippen LogP contribution in [0.25, 0.3) is 6.08 Å². The van der Waals surface area contributed by atoms with Crippen LogP contribution in [-0.4, -0.2) is 18.7 Å². The summed E-state index contributed by atoms with van der Waals surface area (Å²) in [6.07, 6.45) is 1.82. The molecule has 32 heavy (non-hydrogen) atoms. The van der Waals surface area contributed by atoms with Crippen molar-refractivity contribution in [1.29, 1.82) is 0 Å². The smallest absolute Gasteiger partial charge is 0.280 e. The van der Waals surface area contributed by atoms with Crippen molar-refractivity contribution in [2.75, 3.05) is 12.1 Å². The number of carbonyl (C=O) groups is 1. The lowest BCUT2D eigenvalue weighted by molar-refractivity contribution is -0.114. The number of para-hydroxylation sites is 1. The van der Waals surface area contributed by atoms with Crippen molar-refractivity contribution >= 4 is 39.3 Å². The molecule has 1 heterocycles. The third kappa shape index (κ3) is 4.60. The predicted molar refractivity (Wildman–Crippen MR) is 131 cm³/mol. The van der Waals surface area contributed by atoms with E-state index in [4.69, 9.17) is 9.47 Å². The van der Waals surface area contributed by atoms with E-state index in [1.807, 2.05) is 67.6 Å². The van der Waals surface area contributed by atoms with Crippen LogP contribution in [-0.2, 0) is 11.4 Å². The summed E-state index contributed by atoms with van der Waals surface area (Å²) in [5.74, 6) is 1.03. The second-order valence-corrected chi connectivity index (χ2v) is 8.36. The summed E-state index contributed by atoms with van der Waals surface area (Å²) in [7, 11) is 1.60. The van der Waals surface area contributed by atoms with Crippen molar-refractivity contribution in [3.8, 4) is 11.5 Å². The molecule has 0 atom stereocenters. The van der Waals surface area contributed by atoms with Crippen molar-refractivity contribution in [2.45, 2.75) is 20.5 Å². The zero-order valence-corrected chi connectivity index (χ0v) is 19.7. The van der Waals surface area contributed by atoms with Crippen LogP contribution < -0.4 is 14.5 Å². The number of aryl methyl sites for hydroxylation is 1. The standard InChI is InChI=1S/C26H23BrN2O3/c1-17-8-7-9-19(12-17)16-32-25-23(27)14-20(15-24(25)31-3)13-22-18(2)28-29(26(22)30)21-10-5-4-6-11-21/h4-15H,16H2,1-3H3/b22-13+. The number of carbonyl (C=O) groups excluding carboxylic acids is 1. The molecule has 3 aromatic carbocycles. The number of halogens is 1. The van der Waals surface area contributed by atoms with E-state index in [0.717, 1.165) is 21.3 Å². The molecule has 0 aliphatic carbocycles. The first kappa shape index (κ1) is 21.8. The molecule has 1 aliphatic heterocycles. The number of nitrogens with zero attached hydrogens (tertiary/aromatic N) is 2. The first-order valence-electron chi connectivity index (χ1n) is 10.2. The Morgan fingerprint density at radius 1 is 1.03 bits per heavy atom. The molecule has 1 aliphatic rings. The minimum absolute atomic E-state index is 0.163. The van der Waals surface area contributed by atoms with Gasteiger partial charge in [0, 0.05) is 0 Å². The summed E-state index contributed by atoms with van der Waals surface area (Å²) in [5, 5.41) is 5.86. The van der Waals surface area contributed by atoms with Gasteiger partial charge < -0.3 is 9.47 Å². The van der Waals surface area contributed by atoms with Gasteiger partial charge in [-0.1, -0.05) is 48.0 Å². The van der Waals surface area contributed by atoms with Crippen molar-refractivity contribution < 1.29 is 14.3 Å². The highest BCUT2D eigenvalue weighted by atomic mass is 79.9. The van der Waals surface area contributed by atoms with E-state index in [0.29, 0.717) is 29.4 Å². The summed E-state index contributed by atoms with van der Waals surface area (Å²) >= 11 is 3.60. The molecular weight excluding hydrogens is 468 g/mol. The van der Waals surface area contributed by atoms with E-state index >= 15 is 0 Å². The molecule has 4 rings (SSSR count). The Morgan fingerprint density at radius 3 is 2.53 bits per heavy atom. The second-order valence-electron chi connectivity index (χ2n) is 7.51. The topological polar surface area (TPSA) is 51.1 Å². The Morgan fingerprint density at radius 2 is 1.81 bits per heavy atom. The van der Waals surface area contributed by atoms with Gasteiger partial charge in [0.25, 0.3) is 5.91 Å². The zero-order chi connectivity index (χ0) is 22.7. The highest BCUT2D eigenvalue weighted by molar-refractivity contribution is 9.10. The van der Waals surface area contributed by atoms with E-state index < -0.39 is 0 Å². The molecule has 0 radical (unpaired) electrons. The number of rotatable bonds is 6. The largest absolute Gasteiger partial charge is 0.493 e. The fraction of sp³-hybridized carbons (Fsp3) is 0.154. The molecular formula is C26H23BrN2O3. The first-order chi connectivity index (χ1) is 15.5. The molecule has 0 fully saturated rings. The van der Waals surface area contributed by atoms with E-state index in [1.165, 1.54) is 10.6 Å². The fourth-order valence-electron chi connectivity index (χ4n) is 3.52. The summed E-state index contributed by atoms with van der Waals surface area (Å²) in [4.78, 5) is 13.0. The number of hydrogen-bond acceptors (Lipinski definition) is 4. The number of anilines is 1. The Labute approximate surface area is 196 Å². The normalized spacial score (nSPS) is 14.6. The highest BCUT2D eigenvalue weighted by Crippen LogP contribution is 2.38. The van der Waals surface area contributed by atoms with Gasteiger partial charge >= 0.3 is 0 Å². The lowest BCUT2D eigenvalue weighted by Crippen LogP contribution is -2.21. The fourth-order valence-corrected chi connectivity index (χ4v) is 4.09. The van der Waals surface area contributed by atoms with Gasteiger partial charge in [-0.2, -0.15) is 10.1 Å². The van der Waals surface area contributed by atoms with Gasteiger partial charge in [-0.05, 0) is 71.2 Å². The zero-order valence-electron chi connectivity index (χ0n) is 18.1. The van der Waals surface area contributed by atoms with E-state index in [1.54, 1.807) is 7.11 Å². The Kier molecular flexibility index (Phi) is 6.42. The van der Waals surface area contributed by atoms with Crippen LogP contribution in [0.15, 0.2) is 81.9 Å². The maximum atomic E-state index is 13.0. The Hall–Kier alpha value is -3.38. The quantitative estimate of drug-likeness (QED) is 0.389. The van der Waals surface area contributed by atoms with E-state index in [9.17, 15) is 4.79 Å². The molecule has 5 nitrogen and oxygen atoms in total. The van der Waals surface area contributed by atoms with Gasteiger partial charge in [0.1, 0.15) is 6.61 Å². The third-order valence-electron chi connectivity index (χ3n) is 5.09. The molecule has 6 heteroatoms. The predicted octanol–water partition coefficient (Wildman–Crippen LogP) is 6.15.